The lowest BCUT2D eigenvalue weighted by atomic mass is 10.2. The number of carbonyl (C=O) groups is 1. The zero-order chi connectivity index (χ0) is 22.3. The Balaban J connectivity index is 1.65. The van der Waals surface area contributed by atoms with Crippen molar-refractivity contribution >= 4 is 44.0 Å². The SMILES string of the molecule is CCOc1cc(/C=N\NC(=O)CC2(C)OCCO2)cc(Br)c1OCc1ccc(Br)cc1. The highest BCUT2D eigenvalue weighted by atomic mass is 79.9. The number of benzene rings is 2. The summed E-state index contributed by atoms with van der Waals surface area (Å²) in [6, 6.07) is 11.6. The summed E-state index contributed by atoms with van der Waals surface area (Å²) >= 11 is 6.97. The predicted octanol–water partition coefficient (Wildman–Crippen LogP) is 4.79. The normalized spacial score (nSPS) is 15.2. The van der Waals surface area contributed by atoms with Crippen LogP contribution in [0.3, 0.4) is 0 Å². The second-order valence-corrected chi connectivity index (χ2v) is 8.75. The summed E-state index contributed by atoms with van der Waals surface area (Å²) in [5.74, 6) is 0.00845. The van der Waals surface area contributed by atoms with Gasteiger partial charge >= 0.3 is 0 Å². The molecule has 1 saturated heterocycles. The summed E-state index contributed by atoms with van der Waals surface area (Å²) < 4.78 is 24.4. The van der Waals surface area contributed by atoms with Crippen LogP contribution in [0.15, 0.2) is 50.4 Å². The van der Waals surface area contributed by atoms with Gasteiger partial charge in [0.1, 0.15) is 6.61 Å². The Labute approximate surface area is 198 Å². The second-order valence-electron chi connectivity index (χ2n) is 6.98. The van der Waals surface area contributed by atoms with Gasteiger partial charge in [0.05, 0.1) is 36.9 Å². The molecule has 0 unspecified atom stereocenters. The van der Waals surface area contributed by atoms with E-state index in [1.807, 2.05) is 43.3 Å². The molecule has 1 aliphatic heterocycles. The van der Waals surface area contributed by atoms with Gasteiger partial charge in [0.25, 0.3) is 0 Å². The molecule has 2 aromatic rings. The summed E-state index contributed by atoms with van der Waals surface area (Å²) in [4.78, 5) is 12.1. The largest absolute Gasteiger partial charge is 0.490 e. The van der Waals surface area contributed by atoms with Gasteiger partial charge < -0.3 is 18.9 Å². The van der Waals surface area contributed by atoms with Gasteiger partial charge in [0, 0.05) is 4.47 Å². The summed E-state index contributed by atoms with van der Waals surface area (Å²) in [6.07, 6.45) is 1.61. The lowest BCUT2D eigenvalue weighted by Gasteiger charge is -2.20. The van der Waals surface area contributed by atoms with Crippen molar-refractivity contribution in [1.82, 2.24) is 5.43 Å². The molecule has 3 rings (SSSR count). The number of hydrogen-bond acceptors (Lipinski definition) is 6. The van der Waals surface area contributed by atoms with Gasteiger partial charge in [-0.25, -0.2) is 5.43 Å². The number of ether oxygens (including phenoxy) is 4. The van der Waals surface area contributed by atoms with E-state index in [0.717, 1.165) is 20.1 Å². The monoisotopic (exact) mass is 554 g/mol. The van der Waals surface area contributed by atoms with Gasteiger partial charge in [0.15, 0.2) is 17.3 Å². The maximum absolute atomic E-state index is 12.1. The van der Waals surface area contributed by atoms with E-state index in [-0.39, 0.29) is 12.3 Å². The van der Waals surface area contributed by atoms with Crippen LogP contribution in [0.4, 0.5) is 0 Å². The maximum Gasteiger partial charge on any atom is 0.245 e. The average molecular weight is 556 g/mol. The van der Waals surface area contributed by atoms with Crippen molar-refractivity contribution in [1.29, 1.82) is 0 Å². The molecule has 1 aliphatic rings. The van der Waals surface area contributed by atoms with E-state index in [1.54, 1.807) is 13.1 Å². The Bertz CT molecular complexity index is 928. The topological polar surface area (TPSA) is 78.4 Å². The third kappa shape index (κ3) is 7.03. The molecule has 1 amide bonds. The number of hydrogen-bond donors (Lipinski definition) is 1. The maximum atomic E-state index is 12.1. The number of nitrogens with one attached hydrogen (secondary N) is 1. The van der Waals surface area contributed by atoms with E-state index in [1.165, 1.54) is 0 Å². The fourth-order valence-corrected chi connectivity index (χ4v) is 3.81. The van der Waals surface area contributed by atoms with Crippen LogP contribution < -0.4 is 14.9 Å². The first-order chi connectivity index (χ1) is 14.9. The smallest absolute Gasteiger partial charge is 0.245 e. The molecule has 0 aliphatic carbocycles. The molecule has 9 heteroatoms. The molecule has 1 N–H and O–H groups in total. The highest BCUT2D eigenvalue weighted by Gasteiger charge is 2.33. The highest BCUT2D eigenvalue weighted by Crippen LogP contribution is 2.37. The summed E-state index contributed by atoms with van der Waals surface area (Å²) in [7, 11) is 0. The van der Waals surface area contributed by atoms with Gasteiger partial charge in [-0.15, -0.1) is 0 Å². The van der Waals surface area contributed by atoms with Crippen molar-refractivity contribution < 1.29 is 23.7 Å². The Kier molecular flexibility index (Phi) is 8.48. The van der Waals surface area contributed by atoms with Gasteiger partial charge in [-0.1, -0.05) is 28.1 Å². The molecule has 1 heterocycles. The van der Waals surface area contributed by atoms with Crippen molar-refractivity contribution in [2.75, 3.05) is 19.8 Å². The standard InChI is InChI=1S/C22H24Br2N2O5/c1-3-28-19-11-16(13-25-26-20(27)12-22(2)30-8-9-31-22)10-18(24)21(19)29-14-15-4-6-17(23)7-5-15/h4-7,10-11,13H,3,8-9,12,14H2,1-2H3,(H,26,27)/b25-13-. The molecule has 1 fully saturated rings. The van der Waals surface area contributed by atoms with Crippen LogP contribution in [0.5, 0.6) is 11.5 Å². The van der Waals surface area contributed by atoms with Crippen LogP contribution in [0.1, 0.15) is 31.4 Å². The van der Waals surface area contributed by atoms with E-state index >= 15 is 0 Å². The number of rotatable bonds is 9. The van der Waals surface area contributed by atoms with Gasteiger partial charge in [-0.2, -0.15) is 5.10 Å². The number of amides is 1. The molecule has 7 nitrogen and oxygen atoms in total. The summed E-state index contributed by atoms with van der Waals surface area (Å²) in [5, 5.41) is 4.03. The zero-order valence-corrected chi connectivity index (χ0v) is 20.5. The van der Waals surface area contributed by atoms with Crippen molar-refractivity contribution in [3.63, 3.8) is 0 Å². The predicted molar refractivity (Wildman–Crippen MR) is 124 cm³/mol. The molecular weight excluding hydrogens is 532 g/mol. The van der Waals surface area contributed by atoms with E-state index in [2.05, 4.69) is 42.4 Å². The van der Waals surface area contributed by atoms with E-state index in [9.17, 15) is 4.79 Å². The quantitative estimate of drug-likeness (QED) is 0.355. The second kappa shape index (κ2) is 11.1. The Morgan fingerprint density at radius 2 is 1.90 bits per heavy atom. The number of halogens is 2. The average Bonchev–Trinajstić information content (AvgIpc) is 3.14. The molecule has 0 aromatic heterocycles. The molecule has 31 heavy (non-hydrogen) atoms. The molecule has 0 radical (unpaired) electrons. The van der Waals surface area contributed by atoms with Crippen LogP contribution in [-0.2, 0) is 20.9 Å². The van der Waals surface area contributed by atoms with E-state index in [4.69, 9.17) is 18.9 Å². The van der Waals surface area contributed by atoms with Gasteiger partial charge in [0.2, 0.25) is 5.91 Å². The van der Waals surface area contributed by atoms with Crippen LogP contribution >= 0.6 is 31.9 Å². The fraction of sp³-hybridized carbons (Fsp3) is 0.364. The Morgan fingerprint density at radius 3 is 2.58 bits per heavy atom. The van der Waals surface area contributed by atoms with Crippen molar-refractivity contribution in [3.8, 4) is 11.5 Å². The first kappa shape index (κ1) is 23.7. The first-order valence-corrected chi connectivity index (χ1v) is 11.4. The fourth-order valence-electron chi connectivity index (χ4n) is 2.97. The third-order valence-corrected chi connectivity index (χ3v) is 5.53. The molecule has 0 atom stereocenters. The first-order valence-electron chi connectivity index (χ1n) is 9.82. The molecule has 0 bridgehead atoms. The minimum absolute atomic E-state index is 0.0705. The zero-order valence-electron chi connectivity index (χ0n) is 17.3. The number of hydrazone groups is 1. The Morgan fingerprint density at radius 1 is 1.19 bits per heavy atom. The van der Waals surface area contributed by atoms with Crippen LogP contribution in [0.2, 0.25) is 0 Å². The minimum Gasteiger partial charge on any atom is -0.490 e. The van der Waals surface area contributed by atoms with Crippen molar-refractivity contribution in [3.05, 3.63) is 56.5 Å². The molecular formula is C22H24Br2N2O5. The molecule has 166 valence electrons. The van der Waals surface area contributed by atoms with Crippen LogP contribution in [0, 0.1) is 0 Å². The third-order valence-electron chi connectivity index (χ3n) is 4.41. The van der Waals surface area contributed by atoms with Crippen molar-refractivity contribution in [2.24, 2.45) is 5.10 Å². The lowest BCUT2D eigenvalue weighted by molar-refractivity contribution is -0.159. The summed E-state index contributed by atoms with van der Waals surface area (Å²) in [6.45, 7) is 5.49. The molecule has 0 saturated carbocycles. The Hall–Kier alpha value is -1.94. The molecule has 0 spiro atoms. The minimum atomic E-state index is -0.890. The van der Waals surface area contributed by atoms with Crippen molar-refractivity contribution in [2.45, 2.75) is 32.7 Å². The van der Waals surface area contributed by atoms with Crippen LogP contribution in [-0.4, -0.2) is 37.7 Å². The summed E-state index contributed by atoms with van der Waals surface area (Å²) in [5.41, 5.74) is 4.28. The number of carbonyl (C=O) groups excluding carboxylic acids is 1. The van der Waals surface area contributed by atoms with E-state index < -0.39 is 5.79 Å². The highest BCUT2D eigenvalue weighted by molar-refractivity contribution is 9.10. The molecule has 2 aromatic carbocycles. The lowest BCUT2D eigenvalue weighted by Crippen LogP contribution is -2.33. The number of nitrogens with zero attached hydrogens (tertiary/aromatic N) is 1. The van der Waals surface area contributed by atoms with E-state index in [0.29, 0.717) is 37.9 Å². The van der Waals surface area contributed by atoms with Gasteiger partial charge in [-0.3, -0.25) is 4.79 Å². The van der Waals surface area contributed by atoms with Gasteiger partial charge in [-0.05, 0) is 65.2 Å². The van der Waals surface area contributed by atoms with Crippen LogP contribution in [0.25, 0.3) is 0 Å².